The molecule has 4 amide bonds. The van der Waals surface area contributed by atoms with Crippen LogP contribution in [0.3, 0.4) is 0 Å². The van der Waals surface area contributed by atoms with Gasteiger partial charge in [-0.1, -0.05) is 35.9 Å². The van der Waals surface area contributed by atoms with Gasteiger partial charge in [-0.05, 0) is 41.0 Å². The molecule has 0 aliphatic heterocycles. The number of ether oxygens (including phenoxy) is 1. The van der Waals surface area contributed by atoms with E-state index in [1.54, 1.807) is 20.8 Å². The molecule has 0 saturated carbocycles. The first-order chi connectivity index (χ1) is 14.9. The van der Waals surface area contributed by atoms with Gasteiger partial charge in [0.2, 0.25) is 17.7 Å². The number of esters is 1. The Balaban J connectivity index is 0. The molecular weight excluding hydrogens is 673 g/mol. The van der Waals surface area contributed by atoms with Crippen molar-refractivity contribution in [1.29, 1.82) is 0 Å². The SMILES string of the molecule is CC(N[C-]=O)C(=O)NCC(=O)NC(CCC(N)=O)C(=O)OC(C)(C)C.Cc1ccccc1.[Fm]. The van der Waals surface area contributed by atoms with E-state index >= 15 is 0 Å². The maximum atomic E-state index is 12.1. The van der Waals surface area contributed by atoms with E-state index in [2.05, 4.69) is 35.0 Å². The molecule has 0 bridgehead atoms. The molecule has 0 saturated heterocycles. The van der Waals surface area contributed by atoms with Crippen molar-refractivity contribution in [2.24, 2.45) is 5.73 Å². The Morgan fingerprint density at radius 1 is 1.12 bits per heavy atom. The van der Waals surface area contributed by atoms with Crippen LogP contribution in [0.2, 0.25) is 0 Å². The van der Waals surface area contributed by atoms with E-state index in [0.717, 1.165) is 0 Å². The minimum absolute atomic E-state index is 0. The van der Waals surface area contributed by atoms with Crippen molar-refractivity contribution in [3.8, 4) is 0 Å². The van der Waals surface area contributed by atoms with Crippen LogP contribution in [-0.4, -0.2) is 54.3 Å². The van der Waals surface area contributed by atoms with Gasteiger partial charge in [-0.15, -0.1) is 0 Å². The maximum Gasteiger partial charge on any atom is 0.329 e. The summed E-state index contributed by atoms with van der Waals surface area (Å²) in [7, 11) is 0. The summed E-state index contributed by atoms with van der Waals surface area (Å²) in [5.74, 6) is -2.58. The number of carbonyl (C=O) groups excluding carboxylic acids is 5. The third-order valence-corrected chi connectivity index (χ3v) is 3.74. The Morgan fingerprint density at radius 2 is 1.70 bits per heavy atom. The summed E-state index contributed by atoms with van der Waals surface area (Å²) in [5, 5.41) is 6.79. The monoisotopic (exact) mass is 706 g/mol. The van der Waals surface area contributed by atoms with Gasteiger partial charge in [-0.3, -0.25) is 14.4 Å². The van der Waals surface area contributed by atoms with Crippen molar-refractivity contribution in [3.63, 3.8) is 0 Å². The fraction of sp³-hybridized carbons (Fsp3) is 0.500. The van der Waals surface area contributed by atoms with Crippen LogP contribution in [0, 0.1) is 6.92 Å². The molecule has 0 aromatic heterocycles. The van der Waals surface area contributed by atoms with Gasteiger partial charge in [0.15, 0.2) is 0 Å². The number of carbonyl (C=O) groups is 4. The van der Waals surface area contributed by atoms with Crippen LogP contribution in [0.25, 0.3) is 0 Å². The van der Waals surface area contributed by atoms with E-state index in [4.69, 9.17) is 10.5 Å². The van der Waals surface area contributed by atoms with Gasteiger partial charge in [0.25, 0.3) is 0 Å². The summed E-state index contributed by atoms with van der Waals surface area (Å²) < 4.78 is 5.18. The number of rotatable bonds is 10. The van der Waals surface area contributed by atoms with Crippen molar-refractivity contribution in [2.45, 2.75) is 65.1 Å². The topological polar surface area (TPSA) is 157 Å². The Bertz CT molecular complexity index is 768. The first-order valence-corrected chi connectivity index (χ1v) is 10.1. The van der Waals surface area contributed by atoms with Gasteiger partial charge in [-0.25, -0.2) is 4.79 Å². The van der Waals surface area contributed by atoms with Crippen molar-refractivity contribution < 1.29 is 28.7 Å². The van der Waals surface area contributed by atoms with Gasteiger partial charge in [-0.2, -0.15) is 6.41 Å². The van der Waals surface area contributed by atoms with Gasteiger partial charge in [0.05, 0.1) is 12.6 Å². The van der Waals surface area contributed by atoms with Gasteiger partial charge >= 0.3 is 5.97 Å². The van der Waals surface area contributed by atoms with Gasteiger partial charge in [0, 0.05) is 6.42 Å². The summed E-state index contributed by atoms with van der Waals surface area (Å²) in [6.07, 6.45) is 1.22. The first-order valence-electron chi connectivity index (χ1n) is 10.1. The molecule has 5 N–H and O–H groups in total. The number of benzene rings is 1. The average Bonchev–Trinajstić information content (AvgIpc) is 2.69. The minimum Gasteiger partial charge on any atom is -0.520 e. The van der Waals surface area contributed by atoms with Crippen molar-refractivity contribution in [2.75, 3.05) is 6.54 Å². The molecule has 1 aromatic rings. The molecule has 2 atom stereocenters. The molecule has 2 unspecified atom stereocenters. The maximum absolute atomic E-state index is 12.1. The molecule has 33 heavy (non-hydrogen) atoms. The first kappa shape index (κ1) is 30.8. The smallest absolute Gasteiger partial charge is 0.329 e. The zero-order valence-corrected chi connectivity index (χ0v) is 21.9. The van der Waals surface area contributed by atoms with E-state index in [1.165, 1.54) is 18.9 Å². The molecule has 1 rings (SSSR count). The number of nitrogens with one attached hydrogen (secondary N) is 3. The third kappa shape index (κ3) is 16.0. The van der Waals surface area contributed by atoms with Gasteiger partial charge < -0.3 is 31.2 Å². The largest absolute Gasteiger partial charge is 0.520 e. The zero-order valence-electron chi connectivity index (χ0n) is 19.5. The fourth-order valence-corrected chi connectivity index (χ4v) is 2.16. The predicted molar refractivity (Wildman–Crippen MR) is 119 cm³/mol. The van der Waals surface area contributed by atoms with Crippen LogP contribution in [0.15, 0.2) is 30.3 Å². The van der Waals surface area contributed by atoms with Gasteiger partial charge in [0.1, 0.15) is 11.6 Å². The molecule has 0 heterocycles. The molecule has 0 aliphatic rings. The Hall–Kier alpha value is -4.43. The molecular formula is C22H33FmN4O6-. The Labute approximate surface area is 188 Å². The predicted octanol–water partition coefficient (Wildman–Crippen LogP) is 0.235. The number of hydrogen-bond acceptors (Lipinski definition) is 6. The van der Waals surface area contributed by atoms with Crippen LogP contribution >= 0.6 is 0 Å². The third-order valence-electron chi connectivity index (χ3n) is 3.74. The van der Waals surface area contributed by atoms with Crippen LogP contribution < -0.4 is 21.7 Å². The molecule has 190 valence electrons. The molecule has 0 aliphatic carbocycles. The summed E-state index contributed by atoms with van der Waals surface area (Å²) in [6, 6.07) is 8.33. The summed E-state index contributed by atoms with van der Waals surface area (Å²) >= 11 is 0. The molecule has 10 nitrogen and oxygen atoms in total. The quantitative estimate of drug-likeness (QED) is 0.155. The van der Waals surface area contributed by atoms with Crippen LogP contribution in [0.5, 0.6) is 0 Å². The molecule has 0 radical (unpaired) electrons. The molecule has 0 fully saturated rings. The second kappa shape index (κ2) is 15.4. The van der Waals surface area contributed by atoms with E-state index in [1.807, 2.05) is 18.2 Å². The van der Waals surface area contributed by atoms with Crippen LogP contribution in [0.4, 0.5) is 0 Å². The summed E-state index contributed by atoms with van der Waals surface area (Å²) in [6.45, 7) is 8.07. The fourth-order valence-electron chi connectivity index (χ4n) is 2.16. The Kier molecular flexibility index (Phi) is 14.3. The second-order valence-corrected chi connectivity index (χ2v) is 8.00. The van der Waals surface area contributed by atoms with Crippen molar-refractivity contribution in [1.82, 2.24) is 16.0 Å². The summed E-state index contributed by atoms with van der Waals surface area (Å²) in [4.78, 5) is 56.6. The zero-order chi connectivity index (χ0) is 24.7. The molecule has 1 aromatic carbocycles. The van der Waals surface area contributed by atoms with E-state index in [9.17, 15) is 24.0 Å². The number of primary amides is 1. The number of hydrogen-bond donors (Lipinski definition) is 4. The average molecular weight is 707 g/mol. The number of amides is 4. The van der Waals surface area contributed by atoms with Crippen molar-refractivity contribution in [3.05, 3.63) is 35.9 Å². The number of aryl methyl sites for hydroxylation is 1. The second-order valence-electron chi connectivity index (χ2n) is 8.00. The molecule has 0 spiro atoms. The molecule has 11 heteroatoms. The van der Waals surface area contributed by atoms with Crippen molar-refractivity contribution >= 4 is 30.1 Å². The van der Waals surface area contributed by atoms with E-state index in [0.29, 0.717) is 0 Å². The van der Waals surface area contributed by atoms with Crippen LogP contribution in [-0.2, 0) is 28.7 Å². The summed E-state index contributed by atoms with van der Waals surface area (Å²) in [5.41, 5.74) is 5.61. The minimum atomic E-state index is -1.07. The van der Waals surface area contributed by atoms with E-state index in [-0.39, 0.29) is 12.8 Å². The Morgan fingerprint density at radius 3 is 2.12 bits per heavy atom. The van der Waals surface area contributed by atoms with Crippen LogP contribution in [0.1, 0.15) is 46.1 Å². The van der Waals surface area contributed by atoms with E-state index < -0.39 is 47.9 Å². The normalized spacial score (nSPS) is 11.8. The standard InChI is InChI=1S/C15H25N4O6.C7H8.Fm/c1-9(18-8-20)13(23)17-7-12(22)19-10(5-6-11(16)21)14(24)25-15(2,3)4;1-7-5-3-2-4-6-7;/h9-10H,5-7H2,1-4H3,(H2,16,21)(H,17,23)(H,18,20)(H,19,22);2-6H,1H3;/q-1;;. The number of nitrogens with two attached hydrogens (primary N) is 1.